The van der Waals surface area contributed by atoms with Gasteiger partial charge in [0.25, 0.3) is 0 Å². The van der Waals surface area contributed by atoms with Crippen molar-refractivity contribution in [3.8, 4) is 0 Å². The number of fused-ring (bicyclic) bond motifs is 1. The van der Waals surface area contributed by atoms with Gasteiger partial charge in [-0.3, -0.25) is 5.01 Å². The molecule has 0 spiro atoms. The minimum absolute atomic E-state index is 0.437. The van der Waals surface area contributed by atoms with Gasteiger partial charge in [-0.05, 0) is 46.1 Å². The van der Waals surface area contributed by atoms with Crippen molar-refractivity contribution in [1.29, 1.82) is 0 Å². The highest BCUT2D eigenvalue weighted by molar-refractivity contribution is 9.10. The Morgan fingerprint density at radius 3 is 3.05 bits per heavy atom. The van der Waals surface area contributed by atoms with Crippen LogP contribution in [0.1, 0.15) is 17.0 Å². The Hall–Kier alpha value is -1.31. The van der Waals surface area contributed by atoms with Crippen molar-refractivity contribution >= 4 is 33.7 Å². The van der Waals surface area contributed by atoms with E-state index in [1.54, 1.807) is 12.5 Å². The van der Waals surface area contributed by atoms with Crippen LogP contribution in [0.3, 0.4) is 0 Å². The molecule has 2 atom stereocenters. The summed E-state index contributed by atoms with van der Waals surface area (Å²) in [6.45, 7) is -0.0946. The van der Waals surface area contributed by atoms with E-state index in [4.69, 9.17) is 21.8 Å². The predicted octanol–water partition coefficient (Wildman–Crippen LogP) is 2.78. The third-order valence-corrected chi connectivity index (χ3v) is 4.61. The Labute approximate surface area is 140 Å². The van der Waals surface area contributed by atoms with Crippen molar-refractivity contribution in [3.63, 3.8) is 0 Å². The Balaban J connectivity index is 1.93. The molecule has 0 saturated heterocycles. The number of halogens is 3. The van der Waals surface area contributed by atoms with E-state index < -0.39 is 18.3 Å². The van der Waals surface area contributed by atoms with Crippen LogP contribution < -0.4 is 10.7 Å². The van der Waals surface area contributed by atoms with Gasteiger partial charge in [-0.15, -0.1) is 0 Å². The van der Waals surface area contributed by atoms with Crippen LogP contribution in [-0.4, -0.2) is 29.2 Å². The Morgan fingerprint density at radius 2 is 2.36 bits per heavy atom. The van der Waals surface area contributed by atoms with Gasteiger partial charge in [0, 0.05) is 6.04 Å². The predicted molar refractivity (Wildman–Crippen MR) is 87.7 cm³/mol. The lowest BCUT2D eigenvalue weighted by Gasteiger charge is -2.32. The number of hydrogen-bond acceptors (Lipinski definition) is 4. The zero-order valence-electron chi connectivity index (χ0n) is 11.6. The van der Waals surface area contributed by atoms with Crippen LogP contribution in [-0.2, 0) is 13.0 Å². The second kappa shape index (κ2) is 6.44. The lowest BCUT2D eigenvalue weighted by atomic mass is 10.1. The van der Waals surface area contributed by atoms with Crippen molar-refractivity contribution in [1.82, 2.24) is 4.68 Å². The average Bonchev–Trinajstić information content (AvgIpc) is 3.11. The molecule has 1 aliphatic heterocycles. The van der Waals surface area contributed by atoms with Gasteiger partial charge in [0.1, 0.15) is 17.0 Å². The topological polar surface area (TPSA) is 59.7 Å². The summed E-state index contributed by atoms with van der Waals surface area (Å²) in [5.41, 5.74) is 6.93. The summed E-state index contributed by atoms with van der Waals surface area (Å²) in [5.74, 6) is 0.774. The largest absolute Gasteiger partial charge is 0.467 e. The van der Waals surface area contributed by atoms with Crippen LogP contribution >= 0.6 is 27.5 Å². The molecule has 1 aliphatic rings. The quantitative estimate of drug-likeness (QED) is 0.632. The van der Waals surface area contributed by atoms with Gasteiger partial charge >= 0.3 is 0 Å². The standard InChI is InChI=1S/C14H15BrClFN4O/c15-13-9(4-10(18)6-17)5-11-7-19-14(16)20(21(11)13)8-12-2-1-3-22-12/h1-3,5,7,10,14H,4,6,8,18H2/t10?,14-/m1/s1. The number of rotatable bonds is 5. The molecule has 5 nitrogen and oxygen atoms in total. The lowest BCUT2D eigenvalue weighted by Crippen LogP contribution is -2.42. The van der Waals surface area contributed by atoms with E-state index in [1.807, 2.05) is 27.9 Å². The third kappa shape index (κ3) is 2.93. The lowest BCUT2D eigenvalue weighted by molar-refractivity contribution is 0.425. The minimum Gasteiger partial charge on any atom is -0.467 e. The maximum Gasteiger partial charge on any atom is 0.211 e. The first kappa shape index (κ1) is 15.6. The molecule has 0 aliphatic carbocycles. The molecule has 2 N–H and O–H groups in total. The monoisotopic (exact) mass is 388 g/mol. The van der Waals surface area contributed by atoms with Gasteiger partial charge in [0.15, 0.2) is 0 Å². The molecule has 0 saturated carbocycles. The van der Waals surface area contributed by atoms with Gasteiger partial charge in [0.2, 0.25) is 5.62 Å². The summed E-state index contributed by atoms with van der Waals surface area (Å²) in [5, 5.41) is 1.85. The molecule has 2 aromatic heterocycles. The fourth-order valence-corrected chi connectivity index (χ4v) is 3.30. The Kier molecular flexibility index (Phi) is 4.56. The fraction of sp³-hybridized carbons (Fsp3) is 0.357. The van der Waals surface area contributed by atoms with Gasteiger partial charge in [-0.25, -0.2) is 14.1 Å². The smallest absolute Gasteiger partial charge is 0.211 e. The number of aliphatic imine (C=N–C) groups is 1. The van der Waals surface area contributed by atoms with Crippen molar-refractivity contribution in [3.05, 3.63) is 46.1 Å². The van der Waals surface area contributed by atoms with Crippen molar-refractivity contribution in [2.24, 2.45) is 10.7 Å². The normalized spacial score (nSPS) is 18.5. The van der Waals surface area contributed by atoms with E-state index >= 15 is 0 Å². The Morgan fingerprint density at radius 1 is 1.55 bits per heavy atom. The molecule has 0 bridgehead atoms. The molecule has 0 radical (unpaired) electrons. The zero-order chi connectivity index (χ0) is 15.7. The molecule has 118 valence electrons. The maximum absolute atomic E-state index is 12.7. The second-order valence-corrected chi connectivity index (χ2v) is 6.22. The molecule has 8 heteroatoms. The third-order valence-electron chi connectivity index (χ3n) is 3.43. The molecule has 3 rings (SSSR count). The van der Waals surface area contributed by atoms with E-state index in [0.717, 1.165) is 21.6 Å². The average molecular weight is 390 g/mol. The molecule has 0 aromatic carbocycles. The van der Waals surface area contributed by atoms with Crippen LogP contribution in [0.5, 0.6) is 0 Å². The zero-order valence-corrected chi connectivity index (χ0v) is 14.0. The van der Waals surface area contributed by atoms with Gasteiger partial charge in [-0.2, -0.15) is 0 Å². The summed E-state index contributed by atoms with van der Waals surface area (Å²) >= 11 is 9.86. The van der Waals surface area contributed by atoms with Crippen molar-refractivity contribution < 1.29 is 8.81 Å². The van der Waals surface area contributed by atoms with E-state index in [9.17, 15) is 4.39 Å². The summed E-state index contributed by atoms with van der Waals surface area (Å²) in [6, 6.07) is 5.10. The number of hydrogen-bond donors (Lipinski definition) is 1. The fourth-order valence-electron chi connectivity index (χ4n) is 2.40. The number of nitrogens with two attached hydrogens (primary N) is 1. The highest BCUT2D eigenvalue weighted by Gasteiger charge is 2.26. The highest BCUT2D eigenvalue weighted by atomic mass is 79.9. The second-order valence-electron chi connectivity index (χ2n) is 5.08. The van der Waals surface area contributed by atoms with E-state index in [2.05, 4.69) is 20.9 Å². The summed E-state index contributed by atoms with van der Waals surface area (Å²) in [6.07, 6.45) is 3.75. The summed E-state index contributed by atoms with van der Waals surface area (Å²) in [4.78, 5) is 4.26. The molecule has 0 amide bonds. The van der Waals surface area contributed by atoms with E-state index in [1.165, 1.54) is 0 Å². The SMILES string of the molecule is NC(CF)Cc1cc2n(c1Br)N(Cc1ccco1)[C@H](Cl)N=C2. The van der Waals surface area contributed by atoms with Crippen LogP contribution in [0.25, 0.3) is 0 Å². The molecule has 0 fully saturated rings. The van der Waals surface area contributed by atoms with Gasteiger partial charge in [-0.1, -0.05) is 11.6 Å². The van der Waals surface area contributed by atoms with Crippen molar-refractivity contribution in [2.45, 2.75) is 24.6 Å². The highest BCUT2D eigenvalue weighted by Crippen LogP contribution is 2.28. The molecule has 2 aromatic rings. The van der Waals surface area contributed by atoms with Crippen LogP contribution in [0, 0.1) is 0 Å². The molecule has 22 heavy (non-hydrogen) atoms. The molecular weight excluding hydrogens is 375 g/mol. The maximum atomic E-state index is 12.7. The number of alkyl halides is 2. The number of nitrogens with zero attached hydrogens (tertiary/aromatic N) is 3. The number of aromatic nitrogens is 1. The summed E-state index contributed by atoms with van der Waals surface area (Å²) in [7, 11) is 0. The van der Waals surface area contributed by atoms with E-state index in [-0.39, 0.29) is 0 Å². The molecule has 1 unspecified atom stereocenters. The van der Waals surface area contributed by atoms with E-state index in [0.29, 0.717) is 13.0 Å². The number of furan rings is 1. The summed E-state index contributed by atoms with van der Waals surface area (Å²) < 4.78 is 20.7. The van der Waals surface area contributed by atoms with Crippen LogP contribution in [0.4, 0.5) is 4.39 Å². The van der Waals surface area contributed by atoms with Gasteiger partial charge < -0.3 is 10.2 Å². The molecular formula is C14H15BrClFN4O. The first-order valence-electron chi connectivity index (χ1n) is 6.78. The van der Waals surface area contributed by atoms with Crippen molar-refractivity contribution in [2.75, 3.05) is 11.7 Å². The van der Waals surface area contributed by atoms with Crippen LogP contribution in [0.15, 0.2) is 38.5 Å². The minimum atomic E-state index is -0.560. The Bertz CT molecular complexity index is 673. The first-order chi connectivity index (χ1) is 10.6. The van der Waals surface area contributed by atoms with Crippen LogP contribution in [0.2, 0.25) is 0 Å². The molecule has 3 heterocycles. The first-order valence-corrected chi connectivity index (χ1v) is 8.01. The van der Waals surface area contributed by atoms with Gasteiger partial charge in [0.05, 0.1) is 24.7 Å².